The van der Waals surface area contributed by atoms with Gasteiger partial charge in [0, 0.05) is 5.39 Å². The third-order valence-corrected chi connectivity index (χ3v) is 6.96. The van der Waals surface area contributed by atoms with Crippen molar-refractivity contribution in [2.45, 2.75) is 31.2 Å². The van der Waals surface area contributed by atoms with Gasteiger partial charge in [-0.25, -0.2) is 9.97 Å². The molecule has 4 rings (SSSR count). The number of thiophene rings is 1. The molecule has 0 amide bonds. The van der Waals surface area contributed by atoms with Gasteiger partial charge in [0.2, 0.25) is 0 Å². The molecule has 33 heavy (non-hydrogen) atoms. The van der Waals surface area contributed by atoms with E-state index < -0.39 is 0 Å². The summed E-state index contributed by atoms with van der Waals surface area (Å²) in [6.07, 6.45) is 5.03. The molecule has 0 saturated carbocycles. The predicted molar refractivity (Wildman–Crippen MR) is 133 cm³/mol. The maximum absolute atomic E-state index is 12.3. The number of piperidine rings is 1. The summed E-state index contributed by atoms with van der Waals surface area (Å²) in [5, 5.41) is 1.61. The molecule has 1 aliphatic rings. The van der Waals surface area contributed by atoms with Crippen LogP contribution >= 0.6 is 23.1 Å². The number of aryl methyl sites for hydroxylation is 1. The van der Waals surface area contributed by atoms with Gasteiger partial charge in [0.05, 0.1) is 28.1 Å². The molecule has 0 bridgehead atoms. The number of ketones is 1. The van der Waals surface area contributed by atoms with Crippen molar-refractivity contribution in [1.82, 2.24) is 14.9 Å². The van der Waals surface area contributed by atoms with Gasteiger partial charge in [-0.1, -0.05) is 18.2 Å². The predicted octanol–water partition coefficient (Wildman–Crippen LogP) is 2.35. The Labute approximate surface area is 226 Å². The van der Waals surface area contributed by atoms with E-state index >= 15 is 0 Å². The van der Waals surface area contributed by atoms with E-state index in [1.165, 1.54) is 55.5 Å². The molecule has 172 valence electrons. The fourth-order valence-electron chi connectivity index (χ4n) is 3.25. The number of ether oxygens (including phenoxy) is 1. The quantitative estimate of drug-likeness (QED) is 0.130. The molecular weight excluding hydrogens is 465 g/mol. The molecule has 0 N–H and O–H groups in total. The molecule has 0 aliphatic carbocycles. The summed E-state index contributed by atoms with van der Waals surface area (Å²) in [6.45, 7) is 4.46. The summed E-state index contributed by atoms with van der Waals surface area (Å²) in [7, 11) is 3.80. The fourth-order valence-corrected chi connectivity index (χ4v) is 5.04. The zero-order chi connectivity index (χ0) is 22.2. The van der Waals surface area contributed by atoms with Gasteiger partial charge in [-0.15, -0.1) is 11.3 Å². The molecule has 1 aromatic carbocycles. The molecule has 0 unspecified atom stereocenters. The third-order valence-electron chi connectivity index (χ3n) is 4.92. The number of hydrogen-bond donors (Lipinski definition) is 0. The van der Waals surface area contributed by atoms with Crippen molar-refractivity contribution in [1.29, 1.82) is 0 Å². The summed E-state index contributed by atoms with van der Waals surface area (Å²) >= 11 is 2.57. The molecule has 3 heterocycles. The number of nitrogens with zero attached hydrogens (tertiary/aromatic N) is 3. The van der Waals surface area contributed by atoms with Gasteiger partial charge in [-0.05, 0) is 70.2 Å². The van der Waals surface area contributed by atoms with E-state index in [0.717, 1.165) is 28.0 Å². The number of rotatable bonds is 6. The van der Waals surface area contributed by atoms with Crippen LogP contribution in [-0.4, -0.2) is 59.9 Å². The van der Waals surface area contributed by atoms with E-state index in [4.69, 9.17) is 4.74 Å². The van der Waals surface area contributed by atoms with Crippen LogP contribution in [0.2, 0.25) is 0 Å². The molecule has 1 aliphatic heterocycles. The minimum Gasteiger partial charge on any atom is -0.497 e. The van der Waals surface area contributed by atoms with Gasteiger partial charge in [-0.2, -0.15) is 0 Å². The number of methoxy groups -OCH3 is 1. The van der Waals surface area contributed by atoms with Crippen LogP contribution in [0.5, 0.6) is 5.75 Å². The van der Waals surface area contributed by atoms with Gasteiger partial charge in [0.1, 0.15) is 16.6 Å². The van der Waals surface area contributed by atoms with Crippen molar-refractivity contribution < 1.29 is 43.9 Å². The Hall–Kier alpha value is -1.29. The number of fused-ring (bicyclic) bond motifs is 1. The minimum atomic E-state index is -0.0228. The van der Waals surface area contributed by atoms with Crippen LogP contribution in [-0.2, 0) is 0 Å². The first-order valence-corrected chi connectivity index (χ1v) is 12.0. The summed E-state index contributed by atoms with van der Waals surface area (Å²) in [5.74, 6) is 1.60. The summed E-state index contributed by atoms with van der Waals surface area (Å²) in [4.78, 5) is 35.4. The number of carbonyl (C=O) groups is 2. The van der Waals surface area contributed by atoms with Gasteiger partial charge in [-0.3, -0.25) is 9.59 Å². The smallest absolute Gasteiger partial charge is 0.497 e. The zero-order valence-electron chi connectivity index (χ0n) is 20.1. The summed E-state index contributed by atoms with van der Waals surface area (Å²) < 4.78 is 5.25. The van der Waals surface area contributed by atoms with Crippen molar-refractivity contribution in [3.8, 4) is 5.75 Å². The maximum atomic E-state index is 12.3. The van der Waals surface area contributed by atoms with E-state index in [2.05, 4.69) is 21.9 Å². The number of thioether (sulfide) groups is 1. The Balaban J connectivity index is 0.000000521. The van der Waals surface area contributed by atoms with E-state index in [0.29, 0.717) is 15.6 Å². The normalized spacial score (nSPS) is 13.2. The standard InChI is InChI=1S/C17H14N2O3S2.C6H13N.CH3.Na/c1-10-18-14-5-3-11(22-2)7-13(14)17(19-10)23-9-15(21)16-6-4-12(8-20)24-16;1-7-5-3-2-4-6-7;;/h3-8H,9H2,1-2H3;2-6H2,1H3;1H3;/q;;-1;+1. The molecule has 9 heteroatoms. The average molecular weight is 496 g/mol. The molecule has 3 aromatic rings. The van der Waals surface area contributed by atoms with Crippen LogP contribution in [0.1, 0.15) is 44.4 Å². The Kier molecular flexibility index (Phi) is 13.4. The summed E-state index contributed by atoms with van der Waals surface area (Å²) in [6, 6.07) is 8.94. The minimum absolute atomic E-state index is 0. The Morgan fingerprint density at radius 1 is 1.18 bits per heavy atom. The third kappa shape index (κ3) is 8.77. The van der Waals surface area contributed by atoms with Crippen molar-refractivity contribution in [3.05, 3.63) is 53.3 Å². The Bertz CT molecular complexity index is 1050. The number of aromatic nitrogens is 2. The molecule has 0 spiro atoms. The fraction of sp³-hybridized carbons (Fsp3) is 0.375. The van der Waals surface area contributed by atoms with Crippen LogP contribution in [0.25, 0.3) is 10.9 Å². The molecule has 2 aromatic heterocycles. The van der Waals surface area contributed by atoms with Crippen molar-refractivity contribution >= 4 is 46.1 Å². The maximum Gasteiger partial charge on any atom is 1.00 e. The van der Waals surface area contributed by atoms with Crippen LogP contribution in [0.3, 0.4) is 0 Å². The summed E-state index contributed by atoms with van der Waals surface area (Å²) in [5.41, 5.74) is 0.817. The average Bonchev–Trinajstić information content (AvgIpc) is 3.27. The second-order valence-electron chi connectivity index (χ2n) is 7.35. The van der Waals surface area contributed by atoms with Crippen molar-refractivity contribution in [2.24, 2.45) is 0 Å². The number of Topliss-reactive ketones (excluding diaryl/α,β-unsaturated/α-hetero) is 1. The van der Waals surface area contributed by atoms with E-state index in [9.17, 15) is 9.59 Å². The molecule has 1 fully saturated rings. The second-order valence-corrected chi connectivity index (χ2v) is 9.43. The molecule has 6 nitrogen and oxygen atoms in total. The monoisotopic (exact) mass is 495 g/mol. The van der Waals surface area contributed by atoms with Crippen LogP contribution in [0.4, 0.5) is 0 Å². The topological polar surface area (TPSA) is 72.4 Å². The SMILES string of the molecule is CN1CCCCC1.COc1ccc2nc(C)nc(SCC(=O)c3ccc(C=O)s3)c2c1.[CH3-].[Na+]. The van der Waals surface area contributed by atoms with Gasteiger partial charge >= 0.3 is 29.6 Å². The largest absolute Gasteiger partial charge is 1.00 e. The van der Waals surface area contributed by atoms with Crippen LogP contribution in [0.15, 0.2) is 35.4 Å². The number of aldehydes is 1. The van der Waals surface area contributed by atoms with E-state index in [-0.39, 0.29) is 48.5 Å². The Morgan fingerprint density at radius 3 is 2.48 bits per heavy atom. The molecule has 0 radical (unpaired) electrons. The van der Waals surface area contributed by atoms with Crippen LogP contribution in [0, 0.1) is 14.4 Å². The number of hydrogen-bond acceptors (Lipinski definition) is 8. The van der Waals surface area contributed by atoms with Gasteiger partial charge in [0.25, 0.3) is 0 Å². The van der Waals surface area contributed by atoms with Gasteiger partial charge in [0.15, 0.2) is 12.1 Å². The van der Waals surface area contributed by atoms with E-state index in [1.807, 2.05) is 25.1 Å². The van der Waals surface area contributed by atoms with Crippen LogP contribution < -0.4 is 34.3 Å². The molecular formula is C24H30N3NaO3S2. The van der Waals surface area contributed by atoms with Gasteiger partial charge < -0.3 is 17.1 Å². The van der Waals surface area contributed by atoms with Crippen molar-refractivity contribution in [3.63, 3.8) is 0 Å². The van der Waals surface area contributed by atoms with Crippen molar-refractivity contribution in [2.75, 3.05) is 33.0 Å². The number of benzene rings is 1. The second kappa shape index (κ2) is 14.9. The zero-order valence-corrected chi connectivity index (χ0v) is 23.7. The number of likely N-dealkylation sites (tertiary alicyclic amines) is 1. The first-order chi connectivity index (χ1) is 15.0. The first kappa shape index (κ1) is 29.7. The first-order valence-electron chi connectivity index (χ1n) is 10.2. The molecule has 1 saturated heterocycles. The Morgan fingerprint density at radius 2 is 1.91 bits per heavy atom. The number of carbonyl (C=O) groups excluding carboxylic acids is 2. The molecule has 0 atom stereocenters. The van der Waals surface area contributed by atoms with E-state index in [1.54, 1.807) is 19.2 Å².